The molecule has 0 unspecified atom stereocenters. The van der Waals surface area contributed by atoms with Gasteiger partial charge in [0.05, 0.1) is 6.20 Å². The van der Waals surface area contributed by atoms with E-state index in [4.69, 9.17) is 9.47 Å². The maximum absolute atomic E-state index is 14.8. The highest BCUT2D eigenvalue weighted by atomic mass is 19.3. The third-order valence-corrected chi connectivity index (χ3v) is 7.99. The quantitative estimate of drug-likeness (QED) is 0.421. The van der Waals surface area contributed by atoms with Crippen molar-refractivity contribution in [1.29, 1.82) is 0 Å². The van der Waals surface area contributed by atoms with Gasteiger partial charge in [0.15, 0.2) is 23.1 Å². The number of ether oxygens (including phenoxy) is 2. The Bertz CT molecular complexity index is 1130. The predicted octanol–water partition coefficient (Wildman–Crippen LogP) is 5.30. The predicted molar refractivity (Wildman–Crippen MR) is 140 cm³/mol. The van der Waals surface area contributed by atoms with Gasteiger partial charge in [-0.1, -0.05) is 0 Å². The van der Waals surface area contributed by atoms with Crippen LogP contribution in [0.2, 0.25) is 0 Å². The van der Waals surface area contributed by atoms with Crippen LogP contribution in [-0.4, -0.2) is 64.3 Å². The second-order valence-electron chi connectivity index (χ2n) is 11.4. The first-order valence-corrected chi connectivity index (χ1v) is 13.4. The number of benzene rings is 1. The van der Waals surface area contributed by atoms with E-state index in [1.165, 1.54) is 12.5 Å². The molecule has 208 valence electrons. The molecule has 3 saturated heterocycles. The highest BCUT2D eigenvalue weighted by Gasteiger charge is 2.50. The molecular formula is C27H37F3N6O2. The lowest BCUT2D eigenvalue weighted by molar-refractivity contribution is -0.0522. The fraction of sp³-hybridized carbons (Fsp3) is 0.630. The second kappa shape index (κ2) is 10.8. The van der Waals surface area contributed by atoms with E-state index in [-0.39, 0.29) is 46.5 Å². The van der Waals surface area contributed by atoms with Crippen molar-refractivity contribution in [2.24, 2.45) is 0 Å². The van der Waals surface area contributed by atoms with Crippen LogP contribution >= 0.6 is 0 Å². The fourth-order valence-corrected chi connectivity index (χ4v) is 6.50. The molecular weight excluding hydrogens is 497 g/mol. The van der Waals surface area contributed by atoms with Crippen LogP contribution in [0.5, 0.6) is 11.5 Å². The topological polar surface area (TPSA) is 83.6 Å². The molecule has 4 heterocycles. The average Bonchev–Trinajstić information content (AvgIpc) is 3.25. The molecule has 3 N–H and O–H groups in total. The number of hydrogen-bond donors (Lipinski definition) is 3. The Morgan fingerprint density at radius 1 is 1.13 bits per heavy atom. The summed E-state index contributed by atoms with van der Waals surface area (Å²) in [6.07, 6.45) is 6.64. The van der Waals surface area contributed by atoms with E-state index < -0.39 is 12.4 Å². The van der Waals surface area contributed by atoms with Gasteiger partial charge < -0.3 is 25.4 Å². The van der Waals surface area contributed by atoms with Crippen LogP contribution in [-0.2, 0) is 0 Å². The molecule has 0 saturated carbocycles. The number of anilines is 3. The molecule has 2 atom stereocenters. The van der Waals surface area contributed by atoms with Crippen LogP contribution in [0.15, 0.2) is 24.4 Å². The third kappa shape index (κ3) is 5.93. The van der Waals surface area contributed by atoms with E-state index in [2.05, 4.69) is 51.6 Å². The Labute approximate surface area is 221 Å². The van der Waals surface area contributed by atoms with Gasteiger partial charge >= 0.3 is 6.61 Å². The van der Waals surface area contributed by atoms with Gasteiger partial charge in [-0.05, 0) is 91.1 Å². The maximum atomic E-state index is 14.8. The molecule has 0 bridgehead atoms. The molecule has 0 spiro atoms. The lowest BCUT2D eigenvalue weighted by atomic mass is 9.77. The zero-order valence-corrected chi connectivity index (χ0v) is 22.2. The van der Waals surface area contributed by atoms with E-state index in [1.54, 1.807) is 12.1 Å². The molecule has 38 heavy (non-hydrogen) atoms. The van der Waals surface area contributed by atoms with Gasteiger partial charge in [0.2, 0.25) is 5.95 Å². The van der Waals surface area contributed by atoms with Crippen molar-refractivity contribution in [1.82, 2.24) is 20.2 Å². The van der Waals surface area contributed by atoms with Gasteiger partial charge in [0.1, 0.15) is 6.10 Å². The largest absolute Gasteiger partial charge is 0.486 e. The van der Waals surface area contributed by atoms with Crippen molar-refractivity contribution in [3.8, 4) is 11.5 Å². The normalized spacial score (nSPS) is 25.7. The molecule has 3 aliphatic heterocycles. The minimum Gasteiger partial charge on any atom is -0.486 e. The smallest absolute Gasteiger partial charge is 0.387 e. The Kier molecular flexibility index (Phi) is 7.59. The molecule has 3 fully saturated rings. The molecule has 2 aromatic rings. The van der Waals surface area contributed by atoms with Crippen LogP contribution in [0.4, 0.5) is 30.6 Å². The molecule has 5 rings (SSSR count). The molecule has 0 radical (unpaired) electrons. The lowest BCUT2D eigenvalue weighted by Gasteiger charge is -2.53. The monoisotopic (exact) mass is 534 g/mol. The number of nitrogens with one attached hydrogen (secondary N) is 3. The second-order valence-corrected chi connectivity index (χ2v) is 11.4. The van der Waals surface area contributed by atoms with Crippen LogP contribution < -0.4 is 25.4 Å². The first kappa shape index (κ1) is 26.8. The van der Waals surface area contributed by atoms with E-state index in [1.807, 2.05) is 0 Å². The highest BCUT2D eigenvalue weighted by Crippen LogP contribution is 2.45. The summed E-state index contributed by atoms with van der Waals surface area (Å²) >= 11 is 0. The van der Waals surface area contributed by atoms with E-state index in [0.717, 1.165) is 57.9 Å². The Balaban J connectivity index is 1.31. The number of hydrogen-bond acceptors (Lipinski definition) is 8. The van der Waals surface area contributed by atoms with Gasteiger partial charge in [-0.2, -0.15) is 13.8 Å². The molecule has 3 aliphatic rings. The minimum absolute atomic E-state index is 0.00912. The molecule has 1 aromatic heterocycles. The van der Waals surface area contributed by atoms with Crippen molar-refractivity contribution >= 4 is 17.5 Å². The van der Waals surface area contributed by atoms with E-state index >= 15 is 0 Å². The summed E-state index contributed by atoms with van der Waals surface area (Å²) in [6, 6.07) is 4.73. The molecule has 8 nitrogen and oxygen atoms in total. The van der Waals surface area contributed by atoms with Crippen molar-refractivity contribution in [3.63, 3.8) is 0 Å². The first-order chi connectivity index (χ1) is 18.1. The number of aromatic nitrogens is 2. The molecule has 0 aliphatic carbocycles. The number of alkyl halides is 2. The van der Waals surface area contributed by atoms with Crippen LogP contribution in [0.25, 0.3) is 0 Å². The van der Waals surface area contributed by atoms with Crippen molar-refractivity contribution in [2.75, 3.05) is 30.3 Å². The molecule has 11 heteroatoms. The summed E-state index contributed by atoms with van der Waals surface area (Å²) in [5.74, 6) is -0.108. The number of halogens is 3. The van der Waals surface area contributed by atoms with Gasteiger partial charge in [0, 0.05) is 28.9 Å². The molecule has 0 amide bonds. The summed E-state index contributed by atoms with van der Waals surface area (Å²) in [4.78, 5) is 11.0. The standard InChI is InChI=1S/C27H37F3N6O2/c1-26(2)14-18(15-27(3)9-4-12-36(26)27)33-23-20(28)16-32-25(35-23)34-17-5-6-21(22(13-17)38-24(29)30)37-19-7-10-31-11-8-19/h5-6,13,16,18-19,24,31H,4,7-12,14-15H2,1-3H3,(H2,32,33,34,35)/t18-,27-/m0/s1. The number of rotatable bonds is 8. The van der Waals surface area contributed by atoms with Gasteiger partial charge in [-0.25, -0.2) is 9.37 Å². The summed E-state index contributed by atoms with van der Waals surface area (Å²) in [5.41, 5.74) is 0.484. The van der Waals surface area contributed by atoms with Gasteiger partial charge in [-0.15, -0.1) is 0 Å². The SMILES string of the molecule is CC1(C)C[C@H](Nc2nc(Nc3ccc(OC4CCNCC4)c(OC(F)F)c3)ncc2F)C[C@]2(C)CCCN12. The Morgan fingerprint density at radius 2 is 1.92 bits per heavy atom. The van der Waals surface area contributed by atoms with E-state index in [9.17, 15) is 13.2 Å². The van der Waals surface area contributed by atoms with Crippen molar-refractivity contribution in [3.05, 3.63) is 30.2 Å². The number of fused-ring (bicyclic) bond motifs is 1. The molecule has 1 aromatic carbocycles. The van der Waals surface area contributed by atoms with Crippen molar-refractivity contribution < 1.29 is 22.6 Å². The Morgan fingerprint density at radius 3 is 2.68 bits per heavy atom. The van der Waals surface area contributed by atoms with Crippen LogP contribution in [0, 0.1) is 5.82 Å². The summed E-state index contributed by atoms with van der Waals surface area (Å²) in [5, 5.41) is 9.55. The average molecular weight is 535 g/mol. The van der Waals surface area contributed by atoms with Crippen LogP contribution in [0.1, 0.15) is 59.3 Å². The minimum atomic E-state index is -3.00. The Hall–Kier alpha value is -2.79. The maximum Gasteiger partial charge on any atom is 0.387 e. The summed E-state index contributed by atoms with van der Waals surface area (Å²) < 4.78 is 51.7. The fourth-order valence-electron chi connectivity index (χ4n) is 6.50. The number of nitrogens with zero attached hydrogens (tertiary/aromatic N) is 3. The zero-order valence-electron chi connectivity index (χ0n) is 22.2. The van der Waals surface area contributed by atoms with Gasteiger partial charge in [-0.3, -0.25) is 4.90 Å². The van der Waals surface area contributed by atoms with Gasteiger partial charge in [0.25, 0.3) is 0 Å². The van der Waals surface area contributed by atoms with E-state index in [0.29, 0.717) is 5.69 Å². The first-order valence-electron chi connectivity index (χ1n) is 13.4. The third-order valence-electron chi connectivity index (χ3n) is 7.99. The number of piperidine rings is 2. The summed E-state index contributed by atoms with van der Waals surface area (Å²) in [7, 11) is 0. The van der Waals surface area contributed by atoms with Crippen molar-refractivity contribution in [2.45, 2.75) is 89.1 Å². The zero-order chi connectivity index (χ0) is 26.9. The van der Waals surface area contributed by atoms with Crippen LogP contribution in [0.3, 0.4) is 0 Å². The highest BCUT2D eigenvalue weighted by molar-refractivity contribution is 5.60. The summed E-state index contributed by atoms with van der Waals surface area (Å²) in [6.45, 7) is 6.47. The lowest BCUT2D eigenvalue weighted by Crippen LogP contribution is -2.61.